The van der Waals surface area contributed by atoms with E-state index in [4.69, 9.17) is 0 Å². The average Bonchev–Trinajstić information content (AvgIpc) is 3.28. The van der Waals surface area contributed by atoms with E-state index in [1.807, 2.05) is 62.4 Å². The zero-order valence-electron chi connectivity index (χ0n) is 17.7. The minimum absolute atomic E-state index is 0.371. The summed E-state index contributed by atoms with van der Waals surface area (Å²) in [5.41, 5.74) is 9.72. The van der Waals surface area contributed by atoms with Gasteiger partial charge in [-0.1, -0.05) is 48.5 Å². The van der Waals surface area contributed by atoms with E-state index in [0.717, 1.165) is 22.3 Å². The molecule has 2 amide bonds. The zero-order valence-corrected chi connectivity index (χ0v) is 17.7. The van der Waals surface area contributed by atoms with Crippen molar-refractivity contribution < 1.29 is 9.59 Å². The van der Waals surface area contributed by atoms with Gasteiger partial charge >= 0.3 is 0 Å². The number of hydrogen-bond donors (Lipinski definition) is 2. The number of amides is 2. The second-order valence-electron chi connectivity index (χ2n) is 7.41. The average molecular weight is 426 g/mol. The molecule has 4 rings (SSSR count). The Morgan fingerprint density at radius 3 is 2.16 bits per heavy atom. The van der Waals surface area contributed by atoms with Crippen molar-refractivity contribution in [1.82, 2.24) is 31.1 Å². The highest BCUT2D eigenvalue weighted by molar-refractivity contribution is 5.99. The van der Waals surface area contributed by atoms with Crippen molar-refractivity contribution in [2.75, 3.05) is 0 Å². The fourth-order valence-corrected chi connectivity index (χ4v) is 3.08. The molecule has 8 heteroatoms. The molecule has 4 aromatic rings. The fourth-order valence-electron chi connectivity index (χ4n) is 3.08. The van der Waals surface area contributed by atoms with Crippen LogP contribution in [0.4, 0.5) is 0 Å². The summed E-state index contributed by atoms with van der Waals surface area (Å²) in [5, 5.41) is 12.6. The van der Waals surface area contributed by atoms with Gasteiger partial charge in [0.15, 0.2) is 0 Å². The molecule has 0 aliphatic heterocycles. The van der Waals surface area contributed by atoms with Crippen molar-refractivity contribution in [3.8, 4) is 11.4 Å². The molecule has 0 bridgehead atoms. The smallest absolute Gasteiger partial charge is 0.267 e. The predicted octanol–water partition coefficient (Wildman–Crippen LogP) is 3.08. The van der Waals surface area contributed by atoms with Gasteiger partial charge in [0.25, 0.3) is 11.8 Å². The third-order valence-corrected chi connectivity index (χ3v) is 5.08. The maximum atomic E-state index is 12.4. The lowest BCUT2D eigenvalue weighted by atomic mass is 10.1. The lowest BCUT2D eigenvalue weighted by molar-refractivity contribution is 0.0846. The molecular formula is C24H22N6O2. The number of aryl methyl sites for hydroxylation is 2. The first-order chi connectivity index (χ1) is 15.5. The molecular weight excluding hydrogens is 404 g/mol. The van der Waals surface area contributed by atoms with Gasteiger partial charge in [-0.2, -0.15) is 4.80 Å². The van der Waals surface area contributed by atoms with Crippen molar-refractivity contribution in [3.05, 3.63) is 101 Å². The summed E-state index contributed by atoms with van der Waals surface area (Å²) >= 11 is 0. The highest BCUT2D eigenvalue weighted by atomic mass is 16.2. The number of hydrogen-bond acceptors (Lipinski definition) is 5. The molecule has 0 aliphatic rings. The first kappa shape index (κ1) is 20.9. The molecule has 8 nitrogen and oxygen atoms in total. The molecule has 0 atom stereocenters. The van der Waals surface area contributed by atoms with Crippen LogP contribution in [0.2, 0.25) is 0 Å². The number of carbonyl (C=O) groups excluding carboxylic acids is 2. The Bertz CT molecular complexity index is 1250. The highest BCUT2D eigenvalue weighted by Crippen LogP contribution is 2.13. The van der Waals surface area contributed by atoms with Crippen LogP contribution in [-0.4, -0.2) is 32.0 Å². The van der Waals surface area contributed by atoms with Crippen LogP contribution in [0.3, 0.4) is 0 Å². The normalized spacial score (nSPS) is 10.6. The monoisotopic (exact) mass is 426 g/mol. The number of benzene rings is 3. The second kappa shape index (κ2) is 9.22. The molecule has 0 unspecified atom stereocenters. The topological polar surface area (TPSA) is 102 Å². The Labute approximate surface area is 185 Å². The Hall–Kier alpha value is -4.33. The molecule has 160 valence electrons. The SMILES string of the molecule is Cc1ccc(C(=O)NNC(=O)c2ccc(Cn3nnc(-c4ccccc4)n3)cc2)cc1C. The summed E-state index contributed by atoms with van der Waals surface area (Å²) in [6, 6.07) is 22.0. The first-order valence-electron chi connectivity index (χ1n) is 10.1. The van der Waals surface area contributed by atoms with E-state index >= 15 is 0 Å². The van der Waals surface area contributed by atoms with E-state index in [9.17, 15) is 9.59 Å². The molecule has 0 radical (unpaired) electrons. The van der Waals surface area contributed by atoms with Gasteiger partial charge in [-0.25, -0.2) is 0 Å². The Kier molecular flexibility index (Phi) is 6.03. The van der Waals surface area contributed by atoms with Crippen LogP contribution in [0.5, 0.6) is 0 Å². The van der Waals surface area contributed by atoms with Crippen molar-refractivity contribution in [2.45, 2.75) is 20.4 Å². The number of rotatable bonds is 5. The van der Waals surface area contributed by atoms with E-state index in [1.165, 1.54) is 4.80 Å². The minimum Gasteiger partial charge on any atom is -0.267 e. The van der Waals surface area contributed by atoms with Gasteiger partial charge in [0, 0.05) is 16.7 Å². The van der Waals surface area contributed by atoms with E-state index in [-0.39, 0.29) is 5.91 Å². The lowest BCUT2D eigenvalue weighted by Gasteiger charge is -2.09. The molecule has 1 aromatic heterocycles. The van der Waals surface area contributed by atoms with Gasteiger partial charge in [0.05, 0.1) is 6.54 Å². The lowest BCUT2D eigenvalue weighted by Crippen LogP contribution is -2.41. The molecule has 0 saturated heterocycles. The largest absolute Gasteiger partial charge is 0.269 e. The molecule has 0 saturated carbocycles. The highest BCUT2D eigenvalue weighted by Gasteiger charge is 2.11. The van der Waals surface area contributed by atoms with Gasteiger partial charge in [-0.05, 0) is 60.0 Å². The zero-order chi connectivity index (χ0) is 22.5. The summed E-state index contributed by atoms with van der Waals surface area (Å²) in [5.74, 6) is -0.218. The quantitative estimate of drug-likeness (QED) is 0.478. The number of nitrogens with one attached hydrogen (secondary N) is 2. The summed E-state index contributed by atoms with van der Waals surface area (Å²) in [7, 11) is 0. The number of nitrogens with zero attached hydrogens (tertiary/aromatic N) is 4. The molecule has 3 aromatic carbocycles. The van der Waals surface area contributed by atoms with Crippen molar-refractivity contribution in [1.29, 1.82) is 0 Å². The van der Waals surface area contributed by atoms with E-state index in [0.29, 0.717) is 23.5 Å². The molecule has 32 heavy (non-hydrogen) atoms. The number of hydrazine groups is 1. The molecule has 0 aliphatic carbocycles. The van der Waals surface area contributed by atoms with Gasteiger partial charge < -0.3 is 0 Å². The summed E-state index contributed by atoms with van der Waals surface area (Å²) < 4.78 is 0. The van der Waals surface area contributed by atoms with E-state index in [1.54, 1.807) is 24.3 Å². The summed E-state index contributed by atoms with van der Waals surface area (Å²) in [4.78, 5) is 26.1. The predicted molar refractivity (Wildman–Crippen MR) is 120 cm³/mol. The number of aromatic nitrogens is 4. The van der Waals surface area contributed by atoms with Crippen LogP contribution in [0, 0.1) is 13.8 Å². The Morgan fingerprint density at radius 1 is 0.812 bits per heavy atom. The van der Waals surface area contributed by atoms with Gasteiger partial charge in [0.2, 0.25) is 5.82 Å². The molecule has 2 N–H and O–H groups in total. The standard InChI is InChI=1S/C24H22N6O2/c1-16-8-11-21(14-17(16)2)24(32)27-26-23(31)20-12-9-18(10-13-20)15-30-28-22(25-29-30)19-6-4-3-5-7-19/h3-14H,15H2,1-2H3,(H,26,31)(H,27,32). The number of carbonyl (C=O) groups is 2. The van der Waals surface area contributed by atoms with Gasteiger partial charge in [-0.15, -0.1) is 10.2 Å². The molecule has 0 spiro atoms. The maximum Gasteiger partial charge on any atom is 0.269 e. The Balaban J connectivity index is 1.34. The first-order valence-corrected chi connectivity index (χ1v) is 10.1. The van der Waals surface area contributed by atoms with Gasteiger partial charge in [-0.3, -0.25) is 20.4 Å². The van der Waals surface area contributed by atoms with E-state index in [2.05, 4.69) is 26.3 Å². The van der Waals surface area contributed by atoms with Crippen molar-refractivity contribution in [3.63, 3.8) is 0 Å². The van der Waals surface area contributed by atoms with Crippen LogP contribution in [0.25, 0.3) is 11.4 Å². The summed E-state index contributed by atoms with van der Waals surface area (Å²) in [6.45, 7) is 4.33. The van der Waals surface area contributed by atoms with Crippen LogP contribution in [0.1, 0.15) is 37.4 Å². The molecule has 0 fully saturated rings. The summed E-state index contributed by atoms with van der Waals surface area (Å²) in [6.07, 6.45) is 0. The van der Waals surface area contributed by atoms with Crippen molar-refractivity contribution in [2.24, 2.45) is 0 Å². The van der Waals surface area contributed by atoms with Crippen LogP contribution in [0.15, 0.2) is 72.8 Å². The fraction of sp³-hybridized carbons (Fsp3) is 0.125. The minimum atomic E-state index is -0.404. The van der Waals surface area contributed by atoms with Crippen LogP contribution >= 0.6 is 0 Å². The third-order valence-electron chi connectivity index (χ3n) is 5.08. The maximum absolute atomic E-state index is 12.4. The van der Waals surface area contributed by atoms with E-state index < -0.39 is 5.91 Å². The number of tetrazole rings is 1. The molecule has 1 heterocycles. The van der Waals surface area contributed by atoms with Crippen LogP contribution in [-0.2, 0) is 6.54 Å². The second-order valence-corrected chi connectivity index (χ2v) is 7.41. The Morgan fingerprint density at radius 2 is 1.47 bits per heavy atom. The van der Waals surface area contributed by atoms with Crippen LogP contribution < -0.4 is 10.9 Å². The van der Waals surface area contributed by atoms with Gasteiger partial charge in [0.1, 0.15) is 0 Å². The third kappa shape index (κ3) is 4.86. The van der Waals surface area contributed by atoms with Crippen molar-refractivity contribution >= 4 is 11.8 Å².